The van der Waals surface area contributed by atoms with E-state index in [9.17, 15) is 4.79 Å². The number of thioether (sulfide) groups is 1. The van der Waals surface area contributed by atoms with Gasteiger partial charge in [-0.1, -0.05) is 44.2 Å². The van der Waals surface area contributed by atoms with Gasteiger partial charge in [0.1, 0.15) is 0 Å². The molecule has 3 N–H and O–H groups in total. The Kier molecular flexibility index (Phi) is 6.46. The molecule has 0 radical (unpaired) electrons. The minimum Gasteiger partial charge on any atom is -0.336 e. The summed E-state index contributed by atoms with van der Waals surface area (Å²) >= 11 is 1.29. The Bertz CT molecular complexity index is 638. The lowest BCUT2D eigenvalue weighted by atomic mass is 10.1. The number of nitrogens with zero attached hydrogens (tertiary/aromatic N) is 3. The number of hydrogen-bond acceptors (Lipinski definition) is 5. The number of aromatic nitrogens is 3. The van der Waals surface area contributed by atoms with Gasteiger partial charge in [-0.05, 0) is 30.5 Å². The van der Waals surface area contributed by atoms with E-state index < -0.39 is 0 Å². The molecule has 0 fully saturated rings. The van der Waals surface area contributed by atoms with Crippen molar-refractivity contribution in [2.75, 3.05) is 16.9 Å². The SMILES string of the molecule is CCCCc1nnc(SCC(=O)Nc2ccc(CC)cc2)n1N. The highest BCUT2D eigenvalue weighted by Gasteiger charge is 2.12. The van der Waals surface area contributed by atoms with Crippen LogP contribution in [0.2, 0.25) is 0 Å². The highest BCUT2D eigenvalue weighted by atomic mass is 32.2. The van der Waals surface area contributed by atoms with E-state index in [2.05, 4.69) is 29.4 Å². The van der Waals surface area contributed by atoms with Crippen molar-refractivity contribution >= 4 is 23.4 Å². The average molecular weight is 333 g/mol. The first-order chi connectivity index (χ1) is 11.1. The zero-order valence-corrected chi connectivity index (χ0v) is 14.4. The van der Waals surface area contributed by atoms with Crippen LogP contribution >= 0.6 is 11.8 Å². The van der Waals surface area contributed by atoms with Crippen molar-refractivity contribution in [2.45, 2.75) is 44.7 Å². The predicted octanol–water partition coefficient (Wildman–Crippen LogP) is 2.63. The van der Waals surface area contributed by atoms with Crippen molar-refractivity contribution in [2.24, 2.45) is 0 Å². The molecule has 23 heavy (non-hydrogen) atoms. The number of aryl methyl sites for hydroxylation is 2. The van der Waals surface area contributed by atoms with Crippen molar-refractivity contribution in [3.8, 4) is 0 Å². The van der Waals surface area contributed by atoms with E-state index in [1.54, 1.807) is 0 Å². The largest absolute Gasteiger partial charge is 0.336 e. The summed E-state index contributed by atoms with van der Waals surface area (Å²) in [6.45, 7) is 4.21. The Balaban J connectivity index is 1.85. The van der Waals surface area contributed by atoms with Crippen LogP contribution in [-0.2, 0) is 17.6 Å². The van der Waals surface area contributed by atoms with Crippen LogP contribution in [0.1, 0.15) is 38.1 Å². The van der Waals surface area contributed by atoms with Gasteiger partial charge in [-0.3, -0.25) is 4.79 Å². The fourth-order valence-corrected chi connectivity index (χ4v) is 2.74. The number of carbonyl (C=O) groups is 1. The fraction of sp³-hybridized carbons (Fsp3) is 0.438. The third-order valence-corrected chi connectivity index (χ3v) is 4.41. The second-order valence-electron chi connectivity index (χ2n) is 5.26. The van der Waals surface area contributed by atoms with Gasteiger partial charge in [0.2, 0.25) is 11.1 Å². The van der Waals surface area contributed by atoms with Crippen molar-refractivity contribution < 1.29 is 4.79 Å². The molecule has 1 aromatic carbocycles. The van der Waals surface area contributed by atoms with Gasteiger partial charge in [0, 0.05) is 12.1 Å². The Hall–Kier alpha value is -2.02. The van der Waals surface area contributed by atoms with Crippen LogP contribution in [0.5, 0.6) is 0 Å². The molecule has 0 aliphatic carbocycles. The van der Waals surface area contributed by atoms with Gasteiger partial charge < -0.3 is 11.2 Å². The molecule has 0 aliphatic heterocycles. The molecule has 7 heteroatoms. The van der Waals surface area contributed by atoms with E-state index in [-0.39, 0.29) is 11.7 Å². The van der Waals surface area contributed by atoms with Gasteiger partial charge in [0.05, 0.1) is 5.75 Å². The number of anilines is 1. The van der Waals surface area contributed by atoms with Crippen LogP contribution in [-0.4, -0.2) is 26.5 Å². The first kappa shape index (κ1) is 17.3. The van der Waals surface area contributed by atoms with Crippen molar-refractivity contribution in [1.82, 2.24) is 14.9 Å². The zero-order chi connectivity index (χ0) is 16.7. The number of rotatable bonds is 8. The summed E-state index contributed by atoms with van der Waals surface area (Å²) in [5.74, 6) is 6.87. The second kappa shape index (κ2) is 8.57. The third kappa shape index (κ3) is 4.99. The lowest BCUT2D eigenvalue weighted by Gasteiger charge is -2.06. The van der Waals surface area contributed by atoms with E-state index >= 15 is 0 Å². The molecule has 6 nitrogen and oxygen atoms in total. The number of amides is 1. The van der Waals surface area contributed by atoms with Gasteiger partial charge in [-0.2, -0.15) is 0 Å². The summed E-state index contributed by atoms with van der Waals surface area (Å²) in [4.78, 5) is 12.0. The van der Waals surface area contributed by atoms with Gasteiger partial charge >= 0.3 is 0 Å². The predicted molar refractivity (Wildman–Crippen MR) is 94.0 cm³/mol. The monoisotopic (exact) mass is 333 g/mol. The normalized spacial score (nSPS) is 10.7. The van der Waals surface area contributed by atoms with Gasteiger partial charge in [0.15, 0.2) is 5.82 Å². The fourth-order valence-electron chi connectivity index (χ4n) is 2.06. The number of hydrogen-bond donors (Lipinski definition) is 2. The summed E-state index contributed by atoms with van der Waals surface area (Å²) in [6, 6.07) is 7.85. The average Bonchev–Trinajstić information content (AvgIpc) is 2.92. The summed E-state index contributed by atoms with van der Waals surface area (Å²) in [7, 11) is 0. The molecule has 0 spiro atoms. The summed E-state index contributed by atoms with van der Waals surface area (Å²) in [5, 5.41) is 11.5. The number of benzene rings is 1. The maximum Gasteiger partial charge on any atom is 0.234 e. The molecule has 1 aromatic heterocycles. The Labute approximate surface area is 140 Å². The number of nitrogen functional groups attached to an aromatic ring is 1. The Morgan fingerprint density at radius 3 is 2.65 bits per heavy atom. The number of unbranched alkanes of at least 4 members (excludes halogenated alkanes) is 1. The van der Waals surface area contributed by atoms with Crippen LogP contribution in [0.3, 0.4) is 0 Å². The molecule has 0 atom stereocenters. The zero-order valence-electron chi connectivity index (χ0n) is 13.6. The molecule has 2 rings (SSSR count). The third-order valence-electron chi connectivity index (χ3n) is 3.47. The number of nitrogens with one attached hydrogen (secondary N) is 1. The van der Waals surface area contributed by atoms with Crippen molar-refractivity contribution in [3.05, 3.63) is 35.7 Å². The molecule has 0 unspecified atom stereocenters. The highest BCUT2D eigenvalue weighted by molar-refractivity contribution is 7.99. The quantitative estimate of drug-likeness (QED) is 0.573. The van der Waals surface area contributed by atoms with E-state index in [0.29, 0.717) is 5.16 Å². The van der Waals surface area contributed by atoms with Crippen LogP contribution in [0.25, 0.3) is 0 Å². The summed E-state index contributed by atoms with van der Waals surface area (Å²) in [5.41, 5.74) is 2.04. The second-order valence-corrected chi connectivity index (χ2v) is 6.20. The molecule has 0 aliphatic rings. The van der Waals surface area contributed by atoms with Crippen molar-refractivity contribution in [3.63, 3.8) is 0 Å². The van der Waals surface area contributed by atoms with E-state index in [1.807, 2.05) is 24.3 Å². The topological polar surface area (TPSA) is 85.8 Å². The molecule has 0 saturated carbocycles. The first-order valence-electron chi connectivity index (χ1n) is 7.85. The molecule has 1 amide bonds. The molecule has 0 saturated heterocycles. The molecule has 124 valence electrons. The number of nitrogens with two attached hydrogens (primary N) is 1. The Morgan fingerprint density at radius 1 is 1.26 bits per heavy atom. The van der Waals surface area contributed by atoms with Gasteiger partial charge in [-0.25, -0.2) is 4.68 Å². The maximum atomic E-state index is 12.0. The van der Waals surface area contributed by atoms with E-state index in [4.69, 9.17) is 5.84 Å². The van der Waals surface area contributed by atoms with Gasteiger partial charge in [-0.15, -0.1) is 10.2 Å². The first-order valence-corrected chi connectivity index (χ1v) is 8.83. The highest BCUT2D eigenvalue weighted by Crippen LogP contribution is 2.16. The molecular weight excluding hydrogens is 310 g/mol. The van der Waals surface area contributed by atoms with E-state index in [0.717, 1.165) is 37.2 Å². The van der Waals surface area contributed by atoms with Gasteiger partial charge in [0.25, 0.3) is 0 Å². The van der Waals surface area contributed by atoms with E-state index in [1.165, 1.54) is 22.0 Å². The van der Waals surface area contributed by atoms with Crippen LogP contribution in [0, 0.1) is 0 Å². The number of carbonyl (C=O) groups excluding carboxylic acids is 1. The lowest BCUT2D eigenvalue weighted by molar-refractivity contribution is -0.113. The lowest BCUT2D eigenvalue weighted by Crippen LogP contribution is -2.17. The molecule has 0 bridgehead atoms. The van der Waals surface area contributed by atoms with Crippen LogP contribution in [0.4, 0.5) is 5.69 Å². The van der Waals surface area contributed by atoms with Crippen LogP contribution < -0.4 is 11.2 Å². The van der Waals surface area contributed by atoms with Crippen LogP contribution in [0.15, 0.2) is 29.4 Å². The smallest absolute Gasteiger partial charge is 0.234 e. The minimum absolute atomic E-state index is 0.0858. The maximum absolute atomic E-state index is 12.0. The molecule has 2 aromatic rings. The summed E-state index contributed by atoms with van der Waals surface area (Å²) < 4.78 is 1.48. The standard InChI is InChI=1S/C16H23N5OS/c1-3-5-6-14-19-20-16(21(14)17)23-11-15(22)18-13-9-7-12(4-2)8-10-13/h7-10H,3-6,11,17H2,1-2H3,(H,18,22). The Morgan fingerprint density at radius 2 is 2.00 bits per heavy atom. The van der Waals surface area contributed by atoms with Crippen molar-refractivity contribution in [1.29, 1.82) is 0 Å². The minimum atomic E-state index is -0.0858. The summed E-state index contributed by atoms with van der Waals surface area (Å²) in [6.07, 6.45) is 3.88. The molecular formula is C16H23N5OS. The molecule has 1 heterocycles.